The van der Waals surface area contributed by atoms with E-state index in [0.29, 0.717) is 5.28 Å². The first-order valence-electron chi connectivity index (χ1n) is 5.27. The van der Waals surface area contributed by atoms with Crippen molar-refractivity contribution in [3.05, 3.63) is 16.2 Å². The highest BCUT2D eigenvalue weighted by Gasteiger charge is 2.10. The third kappa shape index (κ3) is 3.31. The van der Waals surface area contributed by atoms with Gasteiger partial charge in [0.2, 0.25) is 5.28 Å². The molecule has 0 saturated carbocycles. The summed E-state index contributed by atoms with van der Waals surface area (Å²) in [5.74, 6) is 1.00. The molecule has 0 saturated heterocycles. The molecule has 0 N–H and O–H groups in total. The van der Waals surface area contributed by atoms with Crippen molar-refractivity contribution in [1.82, 2.24) is 14.9 Å². The van der Waals surface area contributed by atoms with E-state index in [1.54, 1.807) is 23.1 Å². The normalized spacial score (nSPS) is 11.6. The average molecular weight is 288 g/mol. The topological polar surface area (TPSA) is 29.0 Å². The maximum Gasteiger partial charge on any atom is 0.224 e. The van der Waals surface area contributed by atoms with Gasteiger partial charge in [-0.3, -0.25) is 0 Å². The highest BCUT2D eigenvalue weighted by Crippen LogP contribution is 2.31. The Bertz CT molecular complexity index is 525. The molecule has 0 unspecified atom stereocenters. The second kappa shape index (κ2) is 5.52. The molecule has 0 atom stereocenters. The largest absolute Gasteiger partial charge is 0.309 e. The fourth-order valence-corrected chi connectivity index (χ4v) is 3.75. The van der Waals surface area contributed by atoms with E-state index in [2.05, 4.69) is 42.0 Å². The Morgan fingerprint density at radius 3 is 2.88 bits per heavy atom. The minimum Gasteiger partial charge on any atom is -0.309 e. The quantitative estimate of drug-likeness (QED) is 0.490. The highest BCUT2D eigenvalue weighted by atomic mass is 35.5. The van der Waals surface area contributed by atoms with Gasteiger partial charge in [0.25, 0.3) is 0 Å². The van der Waals surface area contributed by atoms with Crippen LogP contribution in [0.25, 0.3) is 10.2 Å². The van der Waals surface area contributed by atoms with Gasteiger partial charge in [-0.25, -0.2) is 9.97 Å². The van der Waals surface area contributed by atoms with Crippen LogP contribution in [0, 0.1) is 6.92 Å². The molecule has 2 heterocycles. The average Bonchev–Trinajstić information content (AvgIpc) is 2.57. The predicted octanol–water partition coefficient (Wildman–Crippen LogP) is 3.31. The van der Waals surface area contributed by atoms with Crippen LogP contribution in [0.4, 0.5) is 0 Å². The number of halogens is 1. The molecule has 0 spiro atoms. The number of thiophene rings is 1. The minimum absolute atomic E-state index is 0.340. The number of nitrogens with zero attached hydrogens (tertiary/aromatic N) is 3. The van der Waals surface area contributed by atoms with Crippen LogP contribution in [0.2, 0.25) is 5.28 Å². The molecule has 0 amide bonds. The summed E-state index contributed by atoms with van der Waals surface area (Å²) in [6, 6.07) is 2.13. The lowest BCUT2D eigenvalue weighted by Gasteiger charge is -2.08. The lowest BCUT2D eigenvalue weighted by Crippen LogP contribution is -2.14. The summed E-state index contributed by atoms with van der Waals surface area (Å²) < 4.78 is 0. The first-order valence-corrected chi connectivity index (χ1v) is 7.45. The molecule has 3 nitrogen and oxygen atoms in total. The van der Waals surface area contributed by atoms with Crippen LogP contribution >= 0.6 is 34.7 Å². The minimum atomic E-state index is 0.340. The van der Waals surface area contributed by atoms with Crippen LogP contribution in [0.15, 0.2) is 11.1 Å². The first-order chi connectivity index (χ1) is 8.06. The Morgan fingerprint density at radius 1 is 1.41 bits per heavy atom. The summed E-state index contributed by atoms with van der Waals surface area (Å²) in [4.78, 5) is 12.9. The van der Waals surface area contributed by atoms with Gasteiger partial charge in [-0.1, -0.05) is 0 Å². The number of hydrogen-bond donors (Lipinski definition) is 0. The molecule has 0 aliphatic carbocycles. The number of fused-ring (bicyclic) bond motifs is 1. The molecular formula is C11H14ClN3S2. The predicted molar refractivity (Wildman–Crippen MR) is 76.4 cm³/mol. The molecule has 0 aliphatic heterocycles. The monoisotopic (exact) mass is 287 g/mol. The Morgan fingerprint density at radius 2 is 2.18 bits per heavy atom. The van der Waals surface area contributed by atoms with E-state index in [0.717, 1.165) is 27.5 Å². The van der Waals surface area contributed by atoms with Crippen LogP contribution in [0.1, 0.15) is 4.88 Å². The van der Waals surface area contributed by atoms with Gasteiger partial charge in [0.15, 0.2) is 0 Å². The maximum absolute atomic E-state index is 5.94. The second-order valence-electron chi connectivity index (χ2n) is 4.03. The molecule has 0 aliphatic rings. The van der Waals surface area contributed by atoms with E-state index in [9.17, 15) is 0 Å². The Kier molecular flexibility index (Phi) is 4.25. The molecule has 2 rings (SSSR count). The molecule has 92 valence electrons. The second-order valence-corrected chi connectivity index (χ2v) is 6.68. The zero-order valence-corrected chi connectivity index (χ0v) is 12.4. The first kappa shape index (κ1) is 13.1. The molecule has 0 aromatic carbocycles. The molecule has 0 radical (unpaired) electrons. The molecule has 0 bridgehead atoms. The van der Waals surface area contributed by atoms with Crippen molar-refractivity contribution in [2.45, 2.75) is 11.9 Å². The van der Waals surface area contributed by atoms with Crippen molar-refractivity contribution in [1.29, 1.82) is 0 Å². The fourth-order valence-electron chi connectivity index (χ4n) is 1.43. The van der Waals surface area contributed by atoms with Crippen LogP contribution in [-0.2, 0) is 0 Å². The smallest absolute Gasteiger partial charge is 0.224 e. The number of thioether (sulfide) groups is 1. The van der Waals surface area contributed by atoms with Gasteiger partial charge in [0.05, 0.1) is 0 Å². The summed E-state index contributed by atoms with van der Waals surface area (Å²) in [5, 5.41) is 2.46. The van der Waals surface area contributed by atoms with E-state index < -0.39 is 0 Å². The summed E-state index contributed by atoms with van der Waals surface area (Å²) in [6.07, 6.45) is 0. The zero-order chi connectivity index (χ0) is 12.4. The van der Waals surface area contributed by atoms with Gasteiger partial charge in [0.1, 0.15) is 9.86 Å². The lowest BCUT2D eigenvalue weighted by atomic mass is 10.4. The van der Waals surface area contributed by atoms with Crippen LogP contribution < -0.4 is 0 Å². The van der Waals surface area contributed by atoms with Gasteiger partial charge < -0.3 is 4.90 Å². The van der Waals surface area contributed by atoms with Crippen molar-refractivity contribution in [2.75, 3.05) is 26.4 Å². The van der Waals surface area contributed by atoms with E-state index >= 15 is 0 Å². The highest BCUT2D eigenvalue weighted by molar-refractivity contribution is 7.99. The van der Waals surface area contributed by atoms with Crippen LogP contribution in [-0.4, -0.2) is 41.3 Å². The SMILES string of the molecule is Cc1cc2c(SCCN(C)C)nc(Cl)nc2s1. The number of aryl methyl sites for hydroxylation is 1. The standard InChI is InChI=1S/C11H14ClN3S2/c1-7-6-8-9(16-5-4-15(2)3)13-11(12)14-10(8)17-7/h6H,4-5H2,1-3H3. The lowest BCUT2D eigenvalue weighted by molar-refractivity contribution is 0.437. The zero-order valence-electron chi connectivity index (χ0n) is 10.0. The fraction of sp³-hybridized carbons (Fsp3) is 0.455. The molecule has 17 heavy (non-hydrogen) atoms. The van der Waals surface area contributed by atoms with Crippen molar-refractivity contribution in [2.24, 2.45) is 0 Å². The van der Waals surface area contributed by atoms with Gasteiger partial charge in [-0.05, 0) is 38.7 Å². The van der Waals surface area contributed by atoms with Gasteiger partial charge in [-0.15, -0.1) is 23.1 Å². The molecule has 2 aromatic heterocycles. The van der Waals surface area contributed by atoms with E-state index in [4.69, 9.17) is 11.6 Å². The number of hydrogen-bond acceptors (Lipinski definition) is 5. The maximum atomic E-state index is 5.94. The van der Waals surface area contributed by atoms with Crippen molar-refractivity contribution in [3.8, 4) is 0 Å². The van der Waals surface area contributed by atoms with Crippen LogP contribution in [0.5, 0.6) is 0 Å². The van der Waals surface area contributed by atoms with E-state index in [1.165, 1.54) is 4.88 Å². The van der Waals surface area contributed by atoms with Crippen molar-refractivity contribution < 1.29 is 0 Å². The number of rotatable bonds is 4. The Labute approximate surface area is 114 Å². The Hall–Kier alpha value is -0.360. The molecule has 6 heteroatoms. The van der Waals surface area contributed by atoms with E-state index in [1.807, 2.05) is 0 Å². The van der Waals surface area contributed by atoms with Crippen molar-refractivity contribution >= 4 is 44.9 Å². The Balaban J connectivity index is 2.25. The van der Waals surface area contributed by atoms with Gasteiger partial charge in [-0.2, -0.15) is 0 Å². The third-order valence-corrected chi connectivity index (χ3v) is 4.32. The third-order valence-electron chi connectivity index (χ3n) is 2.23. The summed E-state index contributed by atoms with van der Waals surface area (Å²) >= 11 is 9.33. The van der Waals surface area contributed by atoms with E-state index in [-0.39, 0.29) is 0 Å². The van der Waals surface area contributed by atoms with Crippen molar-refractivity contribution in [3.63, 3.8) is 0 Å². The molecular weight excluding hydrogens is 274 g/mol. The number of aromatic nitrogens is 2. The summed E-state index contributed by atoms with van der Waals surface area (Å²) in [5.41, 5.74) is 0. The molecule has 0 fully saturated rings. The van der Waals surface area contributed by atoms with Gasteiger partial charge >= 0.3 is 0 Å². The van der Waals surface area contributed by atoms with Crippen LogP contribution in [0.3, 0.4) is 0 Å². The summed E-state index contributed by atoms with van der Waals surface area (Å²) in [6.45, 7) is 3.10. The van der Waals surface area contributed by atoms with Gasteiger partial charge in [0, 0.05) is 22.6 Å². The molecule has 2 aromatic rings. The summed E-state index contributed by atoms with van der Waals surface area (Å²) in [7, 11) is 4.13.